The molecule has 3 rings (SSSR count). The monoisotopic (exact) mass is 354 g/mol. The second-order valence-electron chi connectivity index (χ2n) is 7.66. The molecule has 5 nitrogen and oxygen atoms in total. The molecular weight excluding hydrogens is 324 g/mol. The summed E-state index contributed by atoms with van der Waals surface area (Å²) in [4.78, 5) is 15.2. The van der Waals surface area contributed by atoms with Gasteiger partial charge in [0.05, 0.1) is 23.1 Å². The summed E-state index contributed by atoms with van der Waals surface area (Å²) in [7, 11) is 1.98. The van der Waals surface area contributed by atoms with Crippen LogP contribution in [-0.4, -0.2) is 47.3 Å². The average molecular weight is 354 g/mol. The summed E-state index contributed by atoms with van der Waals surface area (Å²) in [6, 6.07) is 8.28. The van der Waals surface area contributed by atoms with Crippen molar-refractivity contribution in [2.75, 3.05) is 26.7 Å². The number of hydrogen-bond donors (Lipinski definition) is 1. The number of piperidine rings is 1. The van der Waals surface area contributed by atoms with Gasteiger partial charge in [0.15, 0.2) is 0 Å². The van der Waals surface area contributed by atoms with Crippen molar-refractivity contribution in [1.82, 2.24) is 20.0 Å². The number of amides is 1. The van der Waals surface area contributed by atoms with E-state index in [1.807, 2.05) is 16.6 Å². The number of carbonyl (C=O) groups is 1. The Kier molecular flexibility index (Phi) is 5.77. The molecule has 1 unspecified atom stereocenters. The number of likely N-dealkylation sites (tertiary alicyclic amines) is 1. The first-order valence-electron chi connectivity index (χ1n) is 9.60. The third-order valence-corrected chi connectivity index (χ3v) is 5.16. The van der Waals surface area contributed by atoms with Gasteiger partial charge in [0, 0.05) is 13.1 Å². The molecule has 1 atom stereocenters. The van der Waals surface area contributed by atoms with Crippen molar-refractivity contribution in [1.29, 1.82) is 0 Å². The van der Waals surface area contributed by atoms with Crippen LogP contribution in [0.3, 0.4) is 0 Å². The normalized spacial score (nSPS) is 17.7. The van der Waals surface area contributed by atoms with Gasteiger partial charge in [-0.05, 0) is 57.3 Å². The van der Waals surface area contributed by atoms with Crippen molar-refractivity contribution >= 4 is 5.91 Å². The Hall–Kier alpha value is -2.14. The Morgan fingerprint density at radius 3 is 2.69 bits per heavy atom. The molecule has 26 heavy (non-hydrogen) atoms. The highest BCUT2D eigenvalue weighted by Crippen LogP contribution is 2.26. The lowest BCUT2D eigenvalue weighted by molar-refractivity contribution is 0.0672. The molecule has 1 saturated heterocycles. The Bertz CT molecular complexity index is 746. The summed E-state index contributed by atoms with van der Waals surface area (Å²) in [5, 5.41) is 7.81. The smallest absolute Gasteiger partial charge is 0.257 e. The maximum Gasteiger partial charge on any atom is 0.257 e. The summed E-state index contributed by atoms with van der Waals surface area (Å²) in [6.07, 6.45) is 4.00. The molecule has 1 amide bonds. The van der Waals surface area contributed by atoms with Crippen LogP contribution >= 0.6 is 0 Å². The van der Waals surface area contributed by atoms with E-state index in [4.69, 9.17) is 0 Å². The number of nitrogens with one attached hydrogen (secondary N) is 1. The van der Waals surface area contributed by atoms with E-state index in [1.165, 1.54) is 12.0 Å². The highest BCUT2D eigenvalue weighted by Gasteiger charge is 2.28. The summed E-state index contributed by atoms with van der Waals surface area (Å²) in [6.45, 7) is 8.95. The number of benzene rings is 1. The van der Waals surface area contributed by atoms with Crippen molar-refractivity contribution in [3.8, 4) is 5.69 Å². The first-order valence-corrected chi connectivity index (χ1v) is 9.60. The fourth-order valence-corrected chi connectivity index (χ4v) is 3.85. The fraction of sp³-hybridized carbons (Fsp3) is 0.524. The molecule has 0 radical (unpaired) electrons. The molecule has 2 heterocycles. The molecular formula is C21H30N4O. The summed E-state index contributed by atoms with van der Waals surface area (Å²) >= 11 is 0. The molecule has 0 aliphatic carbocycles. The SMILES string of the molecule is CNCC1CCCN(C(=O)c2cnn(-c3ccc(C)cc3)c2C(C)C)C1. The van der Waals surface area contributed by atoms with Gasteiger partial charge < -0.3 is 10.2 Å². The van der Waals surface area contributed by atoms with Gasteiger partial charge in [-0.15, -0.1) is 0 Å². The Balaban J connectivity index is 1.90. The number of aromatic nitrogens is 2. The quantitative estimate of drug-likeness (QED) is 0.895. The Morgan fingerprint density at radius 2 is 2.04 bits per heavy atom. The predicted molar refractivity (Wildman–Crippen MR) is 105 cm³/mol. The molecule has 1 fully saturated rings. The minimum absolute atomic E-state index is 0.118. The molecule has 2 aromatic rings. The summed E-state index contributed by atoms with van der Waals surface area (Å²) < 4.78 is 1.92. The molecule has 0 saturated carbocycles. The summed E-state index contributed by atoms with van der Waals surface area (Å²) in [5.41, 5.74) is 3.96. The van der Waals surface area contributed by atoms with Crippen LogP contribution in [0.2, 0.25) is 0 Å². The lowest BCUT2D eigenvalue weighted by atomic mass is 9.96. The minimum Gasteiger partial charge on any atom is -0.338 e. The first-order chi connectivity index (χ1) is 12.5. The molecule has 1 aromatic heterocycles. The highest BCUT2D eigenvalue weighted by atomic mass is 16.2. The summed E-state index contributed by atoms with van der Waals surface area (Å²) in [5.74, 6) is 0.871. The van der Waals surface area contributed by atoms with E-state index in [1.54, 1.807) is 6.20 Å². The van der Waals surface area contributed by atoms with Crippen molar-refractivity contribution in [2.24, 2.45) is 5.92 Å². The zero-order chi connectivity index (χ0) is 18.7. The second-order valence-corrected chi connectivity index (χ2v) is 7.66. The first kappa shape index (κ1) is 18.6. The van der Waals surface area contributed by atoms with Gasteiger partial charge in [0.2, 0.25) is 0 Å². The Morgan fingerprint density at radius 1 is 1.31 bits per heavy atom. The van der Waals surface area contributed by atoms with Crippen LogP contribution in [0.25, 0.3) is 5.69 Å². The van der Waals surface area contributed by atoms with E-state index >= 15 is 0 Å². The zero-order valence-electron chi connectivity index (χ0n) is 16.3. The number of hydrogen-bond acceptors (Lipinski definition) is 3. The van der Waals surface area contributed by atoms with Crippen LogP contribution in [0, 0.1) is 12.8 Å². The number of rotatable bonds is 5. The number of aryl methyl sites for hydroxylation is 1. The van der Waals surface area contributed by atoms with E-state index in [0.717, 1.165) is 43.0 Å². The van der Waals surface area contributed by atoms with E-state index in [0.29, 0.717) is 5.92 Å². The van der Waals surface area contributed by atoms with Crippen molar-refractivity contribution in [3.63, 3.8) is 0 Å². The molecule has 1 aliphatic heterocycles. The molecule has 1 aliphatic rings. The molecule has 5 heteroatoms. The van der Waals surface area contributed by atoms with Gasteiger partial charge in [-0.1, -0.05) is 31.5 Å². The molecule has 0 spiro atoms. The van der Waals surface area contributed by atoms with Crippen LogP contribution in [0.5, 0.6) is 0 Å². The van der Waals surface area contributed by atoms with Gasteiger partial charge in [-0.3, -0.25) is 4.79 Å². The molecule has 0 bridgehead atoms. The van der Waals surface area contributed by atoms with Crippen molar-refractivity contribution in [2.45, 2.75) is 39.5 Å². The Labute approximate surface area is 156 Å². The van der Waals surface area contributed by atoms with Gasteiger partial charge >= 0.3 is 0 Å². The highest BCUT2D eigenvalue weighted by molar-refractivity contribution is 5.95. The van der Waals surface area contributed by atoms with Crippen molar-refractivity contribution in [3.05, 3.63) is 47.3 Å². The zero-order valence-corrected chi connectivity index (χ0v) is 16.3. The van der Waals surface area contributed by atoms with E-state index < -0.39 is 0 Å². The van der Waals surface area contributed by atoms with Crippen molar-refractivity contribution < 1.29 is 4.79 Å². The minimum atomic E-state index is 0.118. The van der Waals surface area contributed by atoms with Crippen LogP contribution in [-0.2, 0) is 0 Å². The molecule has 1 aromatic carbocycles. The van der Waals surface area contributed by atoms with Crippen LogP contribution < -0.4 is 5.32 Å². The van der Waals surface area contributed by atoms with E-state index in [-0.39, 0.29) is 11.8 Å². The van der Waals surface area contributed by atoms with Gasteiger partial charge in [-0.25, -0.2) is 4.68 Å². The number of carbonyl (C=O) groups excluding carboxylic acids is 1. The van der Waals surface area contributed by atoms with Gasteiger partial charge in [0.1, 0.15) is 0 Å². The van der Waals surface area contributed by atoms with E-state index in [9.17, 15) is 4.79 Å². The maximum absolute atomic E-state index is 13.2. The van der Waals surface area contributed by atoms with Gasteiger partial charge in [-0.2, -0.15) is 5.10 Å². The largest absolute Gasteiger partial charge is 0.338 e. The molecule has 140 valence electrons. The third kappa shape index (κ3) is 3.83. The van der Waals surface area contributed by atoms with Gasteiger partial charge in [0.25, 0.3) is 5.91 Å². The average Bonchev–Trinajstić information content (AvgIpc) is 3.07. The molecule has 1 N–H and O–H groups in total. The third-order valence-electron chi connectivity index (χ3n) is 5.16. The van der Waals surface area contributed by atoms with Crippen LogP contribution in [0.15, 0.2) is 30.5 Å². The lowest BCUT2D eigenvalue weighted by Crippen LogP contribution is -2.42. The maximum atomic E-state index is 13.2. The van der Waals surface area contributed by atoms with Crippen LogP contribution in [0.1, 0.15) is 54.2 Å². The second kappa shape index (κ2) is 8.04. The standard InChI is InChI=1S/C21H30N4O/c1-15(2)20-19(13-23-25(20)18-9-7-16(3)8-10-18)21(26)24-11-5-6-17(14-24)12-22-4/h7-10,13,15,17,22H,5-6,11-12,14H2,1-4H3. The topological polar surface area (TPSA) is 50.2 Å². The number of nitrogens with zero attached hydrogens (tertiary/aromatic N) is 3. The van der Waals surface area contributed by atoms with E-state index in [2.05, 4.69) is 55.5 Å². The lowest BCUT2D eigenvalue weighted by Gasteiger charge is -2.33. The fourth-order valence-electron chi connectivity index (χ4n) is 3.85. The predicted octanol–water partition coefficient (Wildman–Crippen LogP) is 3.38. The van der Waals surface area contributed by atoms with Crippen LogP contribution in [0.4, 0.5) is 0 Å².